The minimum Gasteiger partial charge on any atom is -0.276 e. The number of amides is 1. The number of aryl methyl sites for hydroxylation is 1. The highest BCUT2D eigenvalue weighted by Gasteiger charge is 2.17. The zero-order chi connectivity index (χ0) is 23.7. The van der Waals surface area contributed by atoms with Crippen molar-refractivity contribution in [1.82, 2.24) is 29.0 Å². The Bertz CT molecular complexity index is 1620. The molecule has 0 aliphatic carbocycles. The lowest BCUT2D eigenvalue weighted by Gasteiger charge is -2.10. The maximum atomic E-state index is 13.2. The number of aromatic nitrogens is 6. The molecule has 1 amide bonds. The molecule has 0 radical (unpaired) electrons. The lowest BCUT2D eigenvalue weighted by molar-refractivity contribution is 0.101. The van der Waals surface area contributed by atoms with E-state index in [9.17, 15) is 9.59 Å². The zero-order valence-electron chi connectivity index (χ0n) is 18.1. The maximum absolute atomic E-state index is 13.2. The number of pyridine rings is 1. The standard InChI is InChI=1S/C24H19N7O2S/c1-16-26-20-10-6-5-9-19(20)23(33)29(16)15-30-24(34)31(21(27-30)17-7-3-2-4-8-17)28-22(32)18-11-13-25-14-12-18/h2-14H,15H2,1H3,(H,28,32). The van der Waals surface area contributed by atoms with Gasteiger partial charge in [-0.3, -0.25) is 24.6 Å². The minimum atomic E-state index is -0.365. The van der Waals surface area contributed by atoms with Crippen LogP contribution in [0.15, 0.2) is 83.9 Å². The molecule has 5 rings (SSSR count). The summed E-state index contributed by atoms with van der Waals surface area (Å²) < 4.78 is 4.67. The molecule has 0 saturated carbocycles. The van der Waals surface area contributed by atoms with E-state index in [1.165, 1.54) is 26.3 Å². The normalized spacial score (nSPS) is 11.0. The van der Waals surface area contributed by atoms with E-state index in [-0.39, 0.29) is 22.9 Å². The van der Waals surface area contributed by atoms with Gasteiger partial charge >= 0.3 is 0 Å². The second-order valence-corrected chi connectivity index (χ2v) is 7.90. The molecule has 0 aliphatic heterocycles. The number of fused-ring (bicyclic) bond motifs is 1. The highest BCUT2D eigenvalue weighted by Crippen LogP contribution is 2.18. The van der Waals surface area contributed by atoms with E-state index in [1.54, 1.807) is 37.3 Å². The van der Waals surface area contributed by atoms with Gasteiger partial charge in [0.2, 0.25) is 4.77 Å². The molecule has 0 aliphatic rings. The van der Waals surface area contributed by atoms with Crippen LogP contribution >= 0.6 is 12.2 Å². The summed E-state index contributed by atoms with van der Waals surface area (Å²) in [4.78, 5) is 34.5. The molecule has 0 saturated heterocycles. The molecule has 34 heavy (non-hydrogen) atoms. The van der Waals surface area contributed by atoms with Gasteiger partial charge in [0.25, 0.3) is 11.5 Å². The van der Waals surface area contributed by atoms with Crippen LogP contribution in [0.25, 0.3) is 22.3 Å². The molecule has 0 spiro atoms. The fourth-order valence-corrected chi connectivity index (χ4v) is 3.85. The van der Waals surface area contributed by atoms with Crippen molar-refractivity contribution in [2.75, 3.05) is 5.43 Å². The Balaban J connectivity index is 1.61. The van der Waals surface area contributed by atoms with Gasteiger partial charge in [0, 0.05) is 23.5 Å². The molecule has 3 aromatic heterocycles. The molecule has 0 atom stereocenters. The number of nitrogens with zero attached hydrogens (tertiary/aromatic N) is 6. The molecule has 5 aromatic rings. The fraction of sp³-hybridized carbons (Fsp3) is 0.0833. The monoisotopic (exact) mass is 469 g/mol. The second-order valence-electron chi connectivity index (χ2n) is 7.53. The summed E-state index contributed by atoms with van der Waals surface area (Å²) in [6, 6.07) is 19.8. The molecular weight excluding hydrogens is 450 g/mol. The largest absolute Gasteiger partial charge is 0.276 e. The minimum absolute atomic E-state index is 0.0410. The van der Waals surface area contributed by atoms with Crippen LogP contribution in [0.3, 0.4) is 0 Å². The van der Waals surface area contributed by atoms with Gasteiger partial charge in [-0.25, -0.2) is 14.3 Å². The van der Waals surface area contributed by atoms with Gasteiger partial charge in [-0.1, -0.05) is 42.5 Å². The number of carbonyl (C=O) groups excluding carboxylic acids is 1. The molecule has 0 bridgehead atoms. The van der Waals surface area contributed by atoms with Crippen LogP contribution in [0, 0.1) is 11.7 Å². The first kappa shape index (κ1) is 21.4. The fourth-order valence-electron chi connectivity index (χ4n) is 3.62. The van der Waals surface area contributed by atoms with Gasteiger partial charge in [-0.15, -0.1) is 5.10 Å². The predicted octanol–water partition coefficient (Wildman–Crippen LogP) is 3.38. The molecule has 10 heteroatoms. The van der Waals surface area contributed by atoms with E-state index in [2.05, 4.69) is 20.5 Å². The van der Waals surface area contributed by atoms with Gasteiger partial charge in [0.15, 0.2) is 5.82 Å². The Hall–Kier alpha value is -4.44. The molecule has 9 nitrogen and oxygen atoms in total. The summed E-state index contributed by atoms with van der Waals surface area (Å²) in [7, 11) is 0. The zero-order valence-corrected chi connectivity index (χ0v) is 18.9. The lowest BCUT2D eigenvalue weighted by atomic mass is 10.2. The summed E-state index contributed by atoms with van der Waals surface area (Å²) >= 11 is 5.66. The average Bonchev–Trinajstić information content (AvgIpc) is 3.17. The predicted molar refractivity (Wildman–Crippen MR) is 131 cm³/mol. The van der Waals surface area contributed by atoms with E-state index in [4.69, 9.17) is 12.2 Å². The quantitative estimate of drug-likeness (QED) is 0.396. The average molecular weight is 470 g/mol. The van der Waals surface area contributed by atoms with Crippen molar-refractivity contribution in [2.45, 2.75) is 13.6 Å². The van der Waals surface area contributed by atoms with Crippen molar-refractivity contribution < 1.29 is 4.79 Å². The Morgan fingerprint density at radius 3 is 2.47 bits per heavy atom. The first-order chi connectivity index (χ1) is 16.5. The highest BCUT2D eigenvalue weighted by molar-refractivity contribution is 7.71. The van der Waals surface area contributed by atoms with Crippen molar-refractivity contribution in [3.8, 4) is 11.4 Å². The Kier molecular flexibility index (Phi) is 5.56. The molecule has 1 N–H and O–H groups in total. The molecule has 3 heterocycles. The first-order valence-corrected chi connectivity index (χ1v) is 10.9. The molecular formula is C24H19N7O2S. The SMILES string of the molecule is Cc1nc2ccccc2c(=O)n1Cn1nc(-c2ccccc2)n(NC(=O)c2ccncc2)c1=S. The van der Waals surface area contributed by atoms with Crippen molar-refractivity contribution in [2.24, 2.45) is 0 Å². The number of hydrogen-bond donors (Lipinski definition) is 1. The maximum Gasteiger partial charge on any atom is 0.270 e. The number of para-hydroxylation sites is 1. The van der Waals surface area contributed by atoms with Crippen LogP contribution in [0.5, 0.6) is 0 Å². The van der Waals surface area contributed by atoms with Crippen molar-refractivity contribution in [3.05, 3.63) is 106 Å². The van der Waals surface area contributed by atoms with E-state index in [0.29, 0.717) is 28.1 Å². The summed E-state index contributed by atoms with van der Waals surface area (Å²) in [6.45, 7) is 1.80. The van der Waals surface area contributed by atoms with Gasteiger partial charge in [0.05, 0.1) is 10.9 Å². The van der Waals surface area contributed by atoms with Gasteiger partial charge < -0.3 is 0 Å². The topological polar surface area (TPSA) is 99.6 Å². The Morgan fingerprint density at radius 2 is 1.71 bits per heavy atom. The third kappa shape index (κ3) is 3.90. The van der Waals surface area contributed by atoms with Crippen LogP contribution in [0.1, 0.15) is 16.2 Å². The van der Waals surface area contributed by atoms with Gasteiger partial charge in [-0.05, 0) is 43.4 Å². The summed E-state index contributed by atoms with van der Waals surface area (Å²) in [5.41, 5.74) is 4.43. The first-order valence-electron chi connectivity index (χ1n) is 10.5. The van der Waals surface area contributed by atoms with E-state index in [1.807, 2.05) is 36.4 Å². The number of carbonyl (C=O) groups is 1. The third-order valence-electron chi connectivity index (χ3n) is 5.36. The molecule has 168 valence electrons. The van der Waals surface area contributed by atoms with Gasteiger partial charge in [-0.2, -0.15) is 0 Å². The Morgan fingerprint density at radius 1 is 1.00 bits per heavy atom. The van der Waals surface area contributed by atoms with Gasteiger partial charge in [0.1, 0.15) is 12.5 Å². The van der Waals surface area contributed by atoms with Crippen molar-refractivity contribution in [3.63, 3.8) is 0 Å². The number of rotatable bonds is 5. The number of hydrogen-bond acceptors (Lipinski definition) is 6. The molecule has 0 unspecified atom stereocenters. The number of benzene rings is 2. The summed E-state index contributed by atoms with van der Waals surface area (Å²) in [5, 5.41) is 5.15. The van der Waals surface area contributed by atoms with E-state index >= 15 is 0 Å². The molecule has 0 fully saturated rings. The van der Waals surface area contributed by atoms with E-state index in [0.717, 1.165) is 5.56 Å². The van der Waals surface area contributed by atoms with Crippen LogP contribution in [0.2, 0.25) is 0 Å². The summed E-state index contributed by atoms with van der Waals surface area (Å²) in [6.07, 6.45) is 3.08. The van der Waals surface area contributed by atoms with Crippen LogP contribution < -0.4 is 11.0 Å². The van der Waals surface area contributed by atoms with Crippen molar-refractivity contribution >= 4 is 29.0 Å². The molecule has 2 aromatic carbocycles. The summed E-state index contributed by atoms with van der Waals surface area (Å²) in [5.74, 6) is 0.602. The van der Waals surface area contributed by atoms with Crippen LogP contribution in [-0.2, 0) is 6.67 Å². The van der Waals surface area contributed by atoms with Crippen LogP contribution in [-0.4, -0.2) is 34.9 Å². The van der Waals surface area contributed by atoms with Crippen molar-refractivity contribution in [1.29, 1.82) is 0 Å². The highest BCUT2D eigenvalue weighted by atomic mass is 32.1. The Labute approximate surface area is 198 Å². The third-order valence-corrected chi connectivity index (χ3v) is 5.75. The lowest BCUT2D eigenvalue weighted by Crippen LogP contribution is -2.28. The smallest absolute Gasteiger partial charge is 0.270 e. The van der Waals surface area contributed by atoms with E-state index < -0.39 is 0 Å². The number of nitrogens with one attached hydrogen (secondary N) is 1. The van der Waals surface area contributed by atoms with Crippen LogP contribution in [0.4, 0.5) is 0 Å². The second kappa shape index (κ2) is 8.83.